The van der Waals surface area contributed by atoms with Gasteiger partial charge in [0.25, 0.3) is 0 Å². The number of rotatable bonds is 2. The lowest BCUT2D eigenvalue weighted by Crippen LogP contribution is -2.43. The summed E-state index contributed by atoms with van der Waals surface area (Å²) in [5, 5.41) is 4.66. The van der Waals surface area contributed by atoms with E-state index in [1.165, 1.54) is 16.6 Å². The molecule has 0 atom stereocenters. The van der Waals surface area contributed by atoms with Crippen LogP contribution < -0.4 is 11.1 Å². The third-order valence-electron chi connectivity index (χ3n) is 3.76. The first-order valence-corrected chi connectivity index (χ1v) is 6.51. The molecule has 1 saturated heterocycles. The summed E-state index contributed by atoms with van der Waals surface area (Å²) in [4.78, 5) is 2.49. The van der Waals surface area contributed by atoms with Crippen molar-refractivity contribution in [3.8, 4) is 0 Å². The Hall–Kier alpha value is -1.52. The first kappa shape index (κ1) is 11.6. The van der Waals surface area contributed by atoms with Crippen molar-refractivity contribution < 1.29 is 0 Å². The van der Waals surface area contributed by atoms with Crippen LogP contribution in [-0.4, -0.2) is 35.6 Å². The minimum atomic E-state index is 0.831. The molecule has 0 saturated carbocycles. The van der Waals surface area contributed by atoms with Crippen molar-refractivity contribution in [2.45, 2.75) is 6.54 Å². The van der Waals surface area contributed by atoms with Crippen molar-refractivity contribution in [2.24, 2.45) is 7.05 Å². The molecule has 0 bridgehead atoms. The molecule has 1 aromatic carbocycles. The molecule has 1 aliphatic heterocycles. The Morgan fingerprint density at radius 3 is 2.78 bits per heavy atom. The maximum absolute atomic E-state index is 5.85. The number of nitrogen functional groups attached to an aromatic ring is 1. The molecule has 0 spiro atoms. The fourth-order valence-electron chi connectivity index (χ4n) is 2.65. The molecule has 1 aromatic heterocycles. The predicted molar refractivity (Wildman–Crippen MR) is 75.5 cm³/mol. The van der Waals surface area contributed by atoms with Crippen LogP contribution in [0.25, 0.3) is 10.9 Å². The summed E-state index contributed by atoms with van der Waals surface area (Å²) in [6.07, 6.45) is 0. The Kier molecular flexibility index (Phi) is 2.97. The highest BCUT2D eigenvalue weighted by atomic mass is 15.2. The van der Waals surface area contributed by atoms with Gasteiger partial charge in [0.05, 0.1) is 5.52 Å². The van der Waals surface area contributed by atoms with Crippen LogP contribution in [-0.2, 0) is 13.6 Å². The van der Waals surface area contributed by atoms with E-state index < -0.39 is 0 Å². The van der Waals surface area contributed by atoms with Crippen molar-refractivity contribution in [2.75, 3.05) is 31.9 Å². The van der Waals surface area contributed by atoms with E-state index in [1.54, 1.807) is 0 Å². The number of nitrogens with zero attached hydrogens (tertiary/aromatic N) is 2. The average molecular weight is 244 g/mol. The van der Waals surface area contributed by atoms with Gasteiger partial charge in [-0.2, -0.15) is 0 Å². The Morgan fingerprint density at radius 1 is 1.22 bits per heavy atom. The number of nitrogens with one attached hydrogen (secondary N) is 1. The van der Waals surface area contributed by atoms with Crippen molar-refractivity contribution in [3.63, 3.8) is 0 Å². The largest absolute Gasteiger partial charge is 0.399 e. The minimum absolute atomic E-state index is 0.831. The van der Waals surface area contributed by atoms with Gasteiger partial charge < -0.3 is 15.6 Å². The second kappa shape index (κ2) is 4.63. The predicted octanol–water partition coefficient (Wildman–Crippen LogP) is 1.17. The van der Waals surface area contributed by atoms with Crippen LogP contribution >= 0.6 is 0 Å². The SMILES string of the molecule is Cn1c(CN2CCNCC2)cc2ccc(N)cc21. The second-order valence-corrected chi connectivity index (χ2v) is 5.04. The van der Waals surface area contributed by atoms with Crippen molar-refractivity contribution in [1.82, 2.24) is 14.8 Å². The van der Waals surface area contributed by atoms with E-state index in [4.69, 9.17) is 5.73 Å². The molecule has 0 amide bonds. The molecule has 96 valence electrons. The maximum atomic E-state index is 5.85. The summed E-state index contributed by atoms with van der Waals surface area (Å²) in [7, 11) is 2.12. The third kappa shape index (κ3) is 2.09. The lowest BCUT2D eigenvalue weighted by atomic mass is 10.2. The van der Waals surface area contributed by atoms with Gasteiger partial charge in [0.1, 0.15) is 0 Å². The lowest BCUT2D eigenvalue weighted by Gasteiger charge is -2.27. The van der Waals surface area contributed by atoms with Crippen LogP contribution in [0.4, 0.5) is 5.69 Å². The number of piperazine rings is 1. The van der Waals surface area contributed by atoms with E-state index in [2.05, 4.69) is 40.0 Å². The van der Waals surface area contributed by atoms with Gasteiger partial charge in [0, 0.05) is 56.5 Å². The molecule has 3 rings (SSSR count). The van der Waals surface area contributed by atoms with E-state index in [9.17, 15) is 0 Å². The number of hydrogen-bond donors (Lipinski definition) is 2. The zero-order valence-electron chi connectivity index (χ0n) is 10.8. The van der Waals surface area contributed by atoms with Gasteiger partial charge in [0.15, 0.2) is 0 Å². The quantitative estimate of drug-likeness (QED) is 0.779. The molecule has 4 heteroatoms. The van der Waals surface area contributed by atoms with Crippen LogP contribution in [0.5, 0.6) is 0 Å². The molecule has 1 fully saturated rings. The van der Waals surface area contributed by atoms with Crippen LogP contribution in [0.1, 0.15) is 5.69 Å². The van der Waals surface area contributed by atoms with E-state index in [0.29, 0.717) is 0 Å². The monoisotopic (exact) mass is 244 g/mol. The van der Waals surface area contributed by atoms with Gasteiger partial charge in [-0.25, -0.2) is 0 Å². The molecule has 18 heavy (non-hydrogen) atoms. The maximum Gasteiger partial charge on any atom is 0.0500 e. The molecular formula is C14H20N4. The Labute approximate surface area is 107 Å². The summed E-state index contributed by atoms with van der Waals surface area (Å²) < 4.78 is 2.26. The molecule has 0 unspecified atom stereocenters. The second-order valence-electron chi connectivity index (χ2n) is 5.04. The summed E-state index contributed by atoms with van der Waals surface area (Å²) in [5.74, 6) is 0. The van der Waals surface area contributed by atoms with Crippen LogP contribution in [0.15, 0.2) is 24.3 Å². The fraction of sp³-hybridized carbons (Fsp3) is 0.429. The molecule has 2 heterocycles. The van der Waals surface area contributed by atoms with Gasteiger partial charge in [-0.1, -0.05) is 6.07 Å². The summed E-state index contributed by atoms with van der Waals surface area (Å²) in [6.45, 7) is 5.47. The average Bonchev–Trinajstić information content (AvgIpc) is 2.68. The lowest BCUT2D eigenvalue weighted by molar-refractivity contribution is 0.229. The Bertz CT molecular complexity index is 552. The standard InChI is InChI=1S/C14H20N4/c1-17-13(10-18-6-4-16-5-7-18)8-11-2-3-12(15)9-14(11)17/h2-3,8-9,16H,4-7,10,15H2,1H3. The zero-order chi connectivity index (χ0) is 12.5. The van der Waals surface area contributed by atoms with Crippen LogP contribution in [0.3, 0.4) is 0 Å². The Balaban J connectivity index is 1.89. The van der Waals surface area contributed by atoms with E-state index in [1.807, 2.05) is 6.07 Å². The van der Waals surface area contributed by atoms with Crippen LogP contribution in [0, 0.1) is 0 Å². The van der Waals surface area contributed by atoms with Crippen LogP contribution in [0.2, 0.25) is 0 Å². The first-order chi connectivity index (χ1) is 8.74. The number of hydrogen-bond acceptors (Lipinski definition) is 3. The fourth-order valence-corrected chi connectivity index (χ4v) is 2.65. The topological polar surface area (TPSA) is 46.2 Å². The van der Waals surface area contributed by atoms with Gasteiger partial charge in [-0.15, -0.1) is 0 Å². The number of aromatic nitrogens is 1. The summed E-state index contributed by atoms with van der Waals surface area (Å²) in [6, 6.07) is 8.40. The van der Waals surface area contributed by atoms with Gasteiger partial charge in [-0.05, 0) is 18.2 Å². The smallest absolute Gasteiger partial charge is 0.0500 e. The zero-order valence-corrected chi connectivity index (χ0v) is 10.8. The van der Waals surface area contributed by atoms with E-state index >= 15 is 0 Å². The molecular weight excluding hydrogens is 224 g/mol. The molecule has 1 aliphatic rings. The van der Waals surface area contributed by atoms with Crippen molar-refractivity contribution >= 4 is 16.6 Å². The number of nitrogens with two attached hydrogens (primary N) is 1. The molecule has 2 aromatic rings. The highest BCUT2D eigenvalue weighted by molar-refractivity contribution is 5.84. The minimum Gasteiger partial charge on any atom is -0.399 e. The summed E-state index contributed by atoms with van der Waals surface area (Å²) >= 11 is 0. The van der Waals surface area contributed by atoms with Gasteiger partial charge in [-0.3, -0.25) is 4.90 Å². The van der Waals surface area contributed by atoms with Crippen molar-refractivity contribution in [3.05, 3.63) is 30.0 Å². The number of benzene rings is 1. The highest BCUT2D eigenvalue weighted by Gasteiger charge is 2.13. The van der Waals surface area contributed by atoms with Gasteiger partial charge >= 0.3 is 0 Å². The normalized spacial score (nSPS) is 17.4. The summed E-state index contributed by atoms with van der Waals surface area (Å²) in [5.41, 5.74) is 9.27. The van der Waals surface area contributed by atoms with E-state index in [-0.39, 0.29) is 0 Å². The number of fused-ring (bicyclic) bond motifs is 1. The third-order valence-corrected chi connectivity index (χ3v) is 3.76. The first-order valence-electron chi connectivity index (χ1n) is 6.51. The molecule has 4 nitrogen and oxygen atoms in total. The number of aryl methyl sites for hydroxylation is 1. The molecule has 0 aliphatic carbocycles. The Morgan fingerprint density at radius 2 is 2.00 bits per heavy atom. The van der Waals surface area contributed by atoms with Crippen molar-refractivity contribution in [1.29, 1.82) is 0 Å². The van der Waals surface area contributed by atoms with E-state index in [0.717, 1.165) is 38.4 Å². The van der Waals surface area contributed by atoms with Gasteiger partial charge in [0.2, 0.25) is 0 Å². The number of anilines is 1. The molecule has 0 radical (unpaired) electrons. The highest BCUT2D eigenvalue weighted by Crippen LogP contribution is 2.22. The molecule has 3 N–H and O–H groups in total.